The van der Waals surface area contributed by atoms with Gasteiger partial charge in [-0.1, -0.05) is 13.8 Å². The van der Waals surface area contributed by atoms with Gasteiger partial charge in [-0.2, -0.15) is 5.10 Å². The molecule has 1 amide bonds. The van der Waals surface area contributed by atoms with E-state index in [9.17, 15) is 4.79 Å². The summed E-state index contributed by atoms with van der Waals surface area (Å²) in [4.78, 5) is 24.7. The normalized spacial score (nSPS) is 15.1. The van der Waals surface area contributed by atoms with Crippen molar-refractivity contribution in [3.8, 4) is 11.3 Å². The third-order valence-corrected chi connectivity index (χ3v) is 6.61. The molecule has 0 saturated carbocycles. The molecule has 0 aliphatic carbocycles. The number of hydrogen-bond acceptors (Lipinski definition) is 5. The van der Waals surface area contributed by atoms with Crippen molar-refractivity contribution in [3.63, 3.8) is 0 Å². The molecule has 2 N–H and O–H groups in total. The van der Waals surface area contributed by atoms with Gasteiger partial charge in [-0.3, -0.25) is 4.79 Å². The Morgan fingerprint density at radius 2 is 2.03 bits per heavy atom. The van der Waals surface area contributed by atoms with E-state index in [1.807, 2.05) is 15.6 Å². The number of fused-ring (bicyclic) bond motifs is 2. The molecular weight excluding hydrogens is 384 g/mol. The van der Waals surface area contributed by atoms with E-state index in [-0.39, 0.29) is 5.91 Å². The summed E-state index contributed by atoms with van der Waals surface area (Å²) in [5, 5.41) is 8.76. The van der Waals surface area contributed by atoms with E-state index in [0.29, 0.717) is 5.92 Å². The van der Waals surface area contributed by atoms with E-state index in [0.717, 1.165) is 63.7 Å². The second kappa shape index (κ2) is 6.96. The molecule has 1 fully saturated rings. The predicted octanol–water partition coefficient (Wildman–Crippen LogP) is 3.42. The van der Waals surface area contributed by atoms with Crippen molar-refractivity contribution in [1.29, 1.82) is 0 Å². The molecule has 1 saturated heterocycles. The zero-order valence-corrected chi connectivity index (χ0v) is 17.6. The molecule has 5 rings (SSSR count). The zero-order valence-electron chi connectivity index (χ0n) is 16.8. The molecule has 1 aliphatic rings. The lowest BCUT2D eigenvalue weighted by molar-refractivity contribution is 0.0741. The molecule has 8 heteroatoms. The Hall–Kier alpha value is -2.71. The van der Waals surface area contributed by atoms with Gasteiger partial charge >= 0.3 is 0 Å². The lowest BCUT2D eigenvalue weighted by Gasteiger charge is -2.26. The Bertz CT molecular complexity index is 1210. The van der Waals surface area contributed by atoms with Gasteiger partial charge in [0.2, 0.25) is 0 Å². The molecule has 150 valence electrons. The number of hydrogen-bond donors (Lipinski definition) is 2. The average molecular weight is 409 g/mol. The molecule has 0 aromatic carbocycles. The molecule has 0 atom stereocenters. The minimum absolute atomic E-state index is 0.136. The fourth-order valence-electron chi connectivity index (χ4n) is 4.19. The lowest BCUT2D eigenvalue weighted by Crippen LogP contribution is -2.46. The van der Waals surface area contributed by atoms with Gasteiger partial charge in [0.1, 0.15) is 11.2 Å². The van der Waals surface area contributed by atoms with Crippen LogP contribution in [0.5, 0.6) is 0 Å². The van der Waals surface area contributed by atoms with Crippen LogP contribution in [0.25, 0.3) is 27.1 Å². The van der Waals surface area contributed by atoms with Crippen LogP contribution in [0, 0.1) is 6.92 Å². The van der Waals surface area contributed by atoms with Crippen molar-refractivity contribution in [2.45, 2.75) is 26.7 Å². The number of rotatable bonds is 3. The Kier molecular flexibility index (Phi) is 4.40. The molecule has 0 radical (unpaired) electrons. The van der Waals surface area contributed by atoms with Gasteiger partial charge in [0.05, 0.1) is 10.6 Å². The van der Waals surface area contributed by atoms with Crippen molar-refractivity contribution in [1.82, 2.24) is 29.8 Å². The standard InChI is InChI=1S/C21H24N6OS/c1-12(2)17-15-9-16(21(28)26-6-4-22-5-7-26)29-20(15)25-18(17)14-8-13(3)19-23-11-24-27(19)10-14/h8-12,22,25H,4-7H2,1-3H3. The van der Waals surface area contributed by atoms with Gasteiger partial charge in [0.25, 0.3) is 5.91 Å². The van der Waals surface area contributed by atoms with Crippen LogP contribution in [0.2, 0.25) is 0 Å². The molecule has 4 aromatic heterocycles. The van der Waals surface area contributed by atoms with Crippen LogP contribution in [0.1, 0.15) is 40.6 Å². The molecule has 0 bridgehead atoms. The minimum atomic E-state index is 0.136. The predicted molar refractivity (Wildman–Crippen MR) is 116 cm³/mol. The van der Waals surface area contributed by atoms with Crippen molar-refractivity contribution in [3.05, 3.63) is 40.7 Å². The molecule has 0 unspecified atom stereocenters. The number of aromatic amines is 1. The summed E-state index contributed by atoms with van der Waals surface area (Å²) in [5.41, 5.74) is 5.39. The number of pyridine rings is 1. The quantitative estimate of drug-likeness (QED) is 0.545. The highest BCUT2D eigenvalue weighted by Crippen LogP contribution is 2.39. The third kappa shape index (κ3) is 3.03. The van der Waals surface area contributed by atoms with Crippen LogP contribution >= 0.6 is 11.3 Å². The Labute approximate surface area is 172 Å². The maximum Gasteiger partial charge on any atom is 0.264 e. The Morgan fingerprint density at radius 1 is 1.24 bits per heavy atom. The van der Waals surface area contributed by atoms with Crippen LogP contribution in [0.3, 0.4) is 0 Å². The van der Waals surface area contributed by atoms with Crippen LogP contribution < -0.4 is 5.32 Å². The minimum Gasteiger partial charge on any atom is -0.346 e. The second-order valence-corrected chi connectivity index (χ2v) is 8.96. The number of nitrogens with zero attached hydrogens (tertiary/aromatic N) is 4. The molecule has 5 heterocycles. The summed E-state index contributed by atoms with van der Waals surface area (Å²) in [6.45, 7) is 9.71. The van der Waals surface area contributed by atoms with E-state index in [1.165, 1.54) is 5.56 Å². The number of nitrogens with one attached hydrogen (secondary N) is 2. The Morgan fingerprint density at radius 3 is 2.79 bits per heavy atom. The van der Waals surface area contributed by atoms with E-state index < -0.39 is 0 Å². The molecule has 1 aliphatic heterocycles. The first-order valence-electron chi connectivity index (χ1n) is 9.98. The van der Waals surface area contributed by atoms with Crippen LogP contribution in [-0.4, -0.2) is 56.6 Å². The summed E-state index contributed by atoms with van der Waals surface area (Å²) in [5.74, 6) is 0.458. The first-order chi connectivity index (χ1) is 14.0. The number of aromatic nitrogens is 4. The SMILES string of the molecule is Cc1cc(-c2[nH]c3sc(C(=O)N4CCNCC4)cc3c2C(C)C)cn2ncnc12. The largest absolute Gasteiger partial charge is 0.346 e. The third-order valence-electron chi connectivity index (χ3n) is 5.57. The highest BCUT2D eigenvalue weighted by Gasteiger charge is 2.24. The summed E-state index contributed by atoms with van der Waals surface area (Å²) >= 11 is 1.55. The summed E-state index contributed by atoms with van der Waals surface area (Å²) in [7, 11) is 0. The molecule has 0 spiro atoms. The summed E-state index contributed by atoms with van der Waals surface area (Å²) < 4.78 is 1.82. The fraction of sp³-hybridized carbons (Fsp3) is 0.381. The topological polar surface area (TPSA) is 78.3 Å². The van der Waals surface area contributed by atoms with Crippen molar-refractivity contribution < 1.29 is 4.79 Å². The van der Waals surface area contributed by atoms with E-state index >= 15 is 0 Å². The number of piperazine rings is 1. The van der Waals surface area contributed by atoms with E-state index in [4.69, 9.17) is 0 Å². The molecule has 7 nitrogen and oxygen atoms in total. The number of carbonyl (C=O) groups is 1. The fourth-order valence-corrected chi connectivity index (χ4v) is 5.23. The number of carbonyl (C=O) groups excluding carboxylic acids is 1. The van der Waals surface area contributed by atoms with E-state index in [1.54, 1.807) is 17.7 Å². The highest BCUT2D eigenvalue weighted by atomic mass is 32.1. The van der Waals surface area contributed by atoms with Gasteiger partial charge in [0, 0.05) is 43.3 Å². The smallest absolute Gasteiger partial charge is 0.264 e. The Balaban J connectivity index is 1.60. The molecule has 4 aromatic rings. The van der Waals surface area contributed by atoms with Gasteiger partial charge in [0.15, 0.2) is 5.65 Å². The second-order valence-electron chi connectivity index (χ2n) is 7.90. The van der Waals surface area contributed by atoms with Crippen molar-refractivity contribution >= 4 is 33.1 Å². The number of thiophene rings is 1. The van der Waals surface area contributed by atoms with Crippen LogP contribution in [-0.2, 0) is 0 Å². The average Bonchev–Trinajstić information content (AvgIpc) is 3.41. The molecule has 29 heavy (non-hydrogen) atoms. The van der Waals surface area contributed by atoms with Gasteiger partial charge in [-0.15, -0.1) is 11.3 Å². The highest BCUT2D eigenvalue weighted by molar-refractivity contribution is 7.20. The summed E-state index contributed by atoms with van der Waals surface area (Å²) in [6.07, 6.45) is 3.60. The monoisotopic (exact) mass is 408 g/mol. The van der Waals surface area contributed by atoms with Gasteiger partial charge < -0.3 is 15.2 Å². The maximum absolute atomic E-state index is 12.9. The number of H-pyrrole nitrogens is 1. The van der Waals surface area contributed by atoms with Gasteiger partial charge in [-0.05, 0) is 36.1 Å². The van der Waals surface area contributed by atoms with E-state index in [2.05, 4.69) is 53.3 Å². The lowest BCUT2D eigenvalue weighted by atomic mass is 9.97. The first-order valence-corrected chi connectivity index (χ1v) is 10.8. The van der Waals surface area contributed by atoms with Crippen LogP contribution in [0.15, 0.2) is 24.7 Å². The number of amides is 1. The van der Waals surface area contributed by atoms with Gasteiger partial charge in [-0.25, -0.2) is 9.50 Å². The van der Waals surface area contributed by atoms with Crippen molar-refractivity contribution in [2.75, 3.05) is 26.2 Å². The van der Waals surface area contributed by atoms with Crippen molar-refractivity contribution in [2.24, 2.45) is 0 Å². The number of aryl methyl sites for hydroxylation is 1. The molecular formula is C21H24N6OS. The summed E-state index contributed by atoms with van der Waals surface area (Å²) in [6, 6.07) is 4.22. The maximum atomic E-state index is 12.9. The first kappa shape index (κ1) is 18.3. The zero-order chi connectivity index (χ0) is 20.1. The van der Waals surface area contributed by atoms with Crippen LogP contribution in [0.4, 0.5) is 0 Å².